The zero-order valence-corrected chi connectivity index (χ0v) is 21.9. The minimum Gasteiger partial charge on any atom is -0.493 e. The number of carboxylic acid groups (broad SMARTS) is 1. The number of hydrogen-bond acceptors (Lipinski definition) is 3. The van der Waals surface area contributed by atoms with E-state index in [1.165, 1.54) is 6.92 Å². The first-order valence-electron chi connectivity index (χ1n) is 13.2. The van der Waals surface area contributed by atoms with E-state index < -0.39 is 41.4 Å². The van der Waals surface area contributed by atoms with Gasteiger partial charge in [0.15, 0.2) is 0 Å². The Morgan fingerprint density at radius 2 is 1.64 bits per heavy atom. The smallest absolute Gasteiger partial charge is 0.416 e. The molecule has 0 radical (unpaired) electrons. The van der Waals surface area contributed by atoms with Crippen LogP contribution in [0.25, 0.3) is 0 Å². The molecule has 1 aliphatic carbocycles. The van der Waals surface area contributed by atoms with Gasteiger partial charge in [0.25, 0.3) is 0 Å². The Morgan fingerprint density at radius 1 is 0.974 bits per heavy atom. The van der Waals surface area contributed by atoms with Crippen LogP contribution in [0.3, 0.4) is 0 Å². The van der Waals surface area contributed by atoms with Crippen LogP contribution < -0.4 is 4.74 Å². The van der Waals surface area contributed by atoms with E-state index >= 15 is 0 Å². The third kappa shape index (κ3) is 7.07. The minimum absolute atomic E-state index is 0.0757. The Morgan fingerprint density at radius 3 is 2.21 bits per heavy atom. The number of carbonyl (C=O) groups is 1. The quantitative estimate of drug-likeness (QED) is 0.320. The normalized spacial score (nSPS) is 19.9. The molecule has 4 nitrogen and oxygen atoms in total. The van der Waals surface area contributed by atoms with E-state index in [1.807, 2.05) is 24.3 Å². The standard InChI is InChI=1S/C29H33F6NO3/c1-17(27(37)38)26(20-6-7-20)21-4-3-5-23(14-21)39-16-19-10-12-36(13-11-19)18(2)24-15-22(28(30,31)32)8-9-25(24)29(33,34)35/h3-5,8-9,14-15,17-20,26H,6-7,10-13,16H2,1-2H3,(H,37,38)/t17-,18?,26-/m0/s1. The van der Waals surface area contributed by atoms with Gasteiger partial charge in [0.05, 0.1) is 23.7 Å². The molecule has 2 fully saturated rings. The van der Waals surface area contributed by atoms with Crippen LogP contribution >= 0.6 is 0 Å². The van der Waals surface area contributed by atoms with Crippen molar-refractivity contribution in [3.05, 3.63) is 64.7 Å². The van der Waals surface area contributed by atoms with Crippen LogP contribution in [0.1, 0.15) is 73.7 Å². The van der Waals surface area contributed by atoms with Gasteiger partial charge in [-0.3, -0.25) is 9.69 Å². The van der Waals surface area contributed by atoms with Crippen LogP contribution in [0.5, 0.6) is 5.75 Å². The maximum atomic E-state index is 13.6. The summed E-state index contributed by atoms with van der Waals surface area (Å²) in [6.45, 7) is 4.50. The van der Waals surface area contributed by atoms with E-state index in [4.69, 9.17) is 4.74 Å². The first-order chi connectivity index (χ1) is 18.3. The molecule has 2 aromatic rings. The number of hydrogen-bond donors (Lipinski definition) is 1. The Hall–Kier alpha value is -2.75. The lowest BCUT2D eigenvalue weighted by Crippen LogP contribution is -2.38. The molecule has 1 saturated carbocycles. The molecule has 214 valence electrons. The van der Waals surface area contributed by atoms with Gasteiger partial charge in [0.1, 0.15) is 5.75 Å². The SMILES string of the molecule is CC(c1cc(C(F)(F)F)ccc1C(F)(F)F)N1CCC(COc2cccc([C@H](C3CC3)[C@H](C)C(=O)O)c2)CC1. The van der Waals surface area contributed by atoms with Crippen molar-refractivity contribution in [2.45, 2.75) is 63.8 Å². The number of halogens is 6. The number of likely N-dealkylation sites (tertiary alicyclic amines) is 1. The van der Waals surface area contributed by atoms with E-state index in [0.29, 0.717) is 62.4 Å². The summed E-state index contributed by atoms with van der Waals surface area (Å²) in [5.74, 6) is -0.274. The van der Waals surface area contributed by atoms with Gasteiger partial charge >= 0.3 is 18.3 Å². The van der Waals surface area contributed by atoms with E-state index in [1.54, 1.807) is 11.8 Å². The highest BCUT2D eigenvalue weighted by atomic mass is 19.4. The van der Waals surface area contributed by atoms with Gasteiger partial charge in [-0.2, -0.15) is 26.3 Å². The molecule has 39 heavy (non-hydrogen) atoms. The van der Waals surface area contributed by atoms with Gasteiger partial charge in [-0.15, -0.1) is 0 Å². The van der Waals surface area contributed by atoms with Crippen LogP contribution in [-0.2, 0) is 17.1 Å². The average Bonchev–Trinajstić information content (AvgIpc) is 3.71. The number of ether oxygens (including phenoxy) is 1. The second kappa shape index (κ2) is 11.4. The average molecular weight is 558 g/mol. The highest BCUT2D eigenvalue weighted by Gasteiger charge is 2.40. The molecule has 0 aromatic heterocycles. The van der Waals surface area contributed by atoms with Gasteiger partial charge in [-0.1, -0.05) is 19.1 Å². The van der Waals surface area contributed by atoms with E-state index in [9.17, 15) is 36.2 Å². The highest BCUT2D eigenvalue weighted by Crippen LogP contribution is 2.47. The number of rotatable bonds is 9. The first kappa shape index (κ1) is 29.2. The van der Waals surface area contributed by atoms with Crippen LogP contribution in [0.2, 0.25) is 0 Å². The number of carboxylic acids is 1. The first-order valence-corrected chi connectivity index (χ1v) is 13.2. The lowest BCUT2D eigenvalue weighted by molar-refractivity contribution is -0.142. The van der Waals surface area contributed by atoms with Gasteiger partial charge in [-0.05, 0) is 105 Å². The predicted octanol–water partition coefficient (Wildman–Crippen LogP) is 7.79. The molecule has 3 atom stereocenters. The Labute approximate surface area is 224 Å². The molecule has 2 aromatic carbocycles. The van der Waals surface area contributed by atoms with Crippen LogP contribution in [0.4, 0.5) is 26.3 Å². The Kier molecular flexibility index (Phi) is 8.54. The number of aliphatic carboxylic acids is 1. The molecule has 1 N–H and O–H groups in total. The molecule has 10 heteroatoms. The van der Waals surface area contributed by atoms with Crippen molar-refractivity contribution in [2.75, 3.05) is 19.7 Å². The molecule has 2 aliphatic rings. The van der Waals surface area contributed by atoms with Crippen LogP contribution in [0.15, 0.2) is 42.5 Å². The summed E-state index contributed by atoms with van der Waals surface area (Å²) >= 11 is 0. The molecule has 1 saturated heterocycles. The number of piperidine rings is 1. The third-order valence-corrected chi connectivity index (χ3v) is 8.12. The Bertz CT molecular complexity index is 1150. The van der Waals surface area contributed by atoms with Crippen molar-refractivity contribution in [1.82, 2.24) is 4.90 Å². The maximum absolute atomic E-state index is 13.6. The van der Waals surface area contributed by atoms with Crippen LogP contribution in [0, 0.1) is 17.8 Å². The summed E-state index contributed by atoms with van der Waals surface area (Å²) < 4.78 is 86.5. The molecule has 0 spiro atoms. The number of nitrogens with zero attached hydrogens (tertiary/aromatic N) is 1. The summed E-state index contributed by atoms with van der Waals surface area (Å²) in [7, 11) is 0. The molecule has 1 aliphatic heterocycles. The predicted molar refractivity (Wildman–Crippen MR) is 133 cm³/mol. The molecular weight excluding hydrogens is 524 g/mol. The van der Waals surface area contributed by atoms with Gasteiger partial charge in [-0.25, -0.2) is 0 Å². The van der Waals surface area contributed by atoms with Crippen molar-refractivity contribution in [2.24, 2.45) is 17.8 Å². The largest absolute Gasteiger partial charge is 0.493 e. The van der Waals surface area contributed by atoms with E-state index in [-0.39, 0.29) is 17.4 Å². The summed E-state index contributed by atoms with van der Waals surface area (Å²) in [5.41, 5.74) is -1.57. The van der Waals surface area contributed by atoms with Crippen molar-refractivity contribution in [1.29, 1.82) is 0 Å². The summed E-state index contributed by atoms with van der Waals surface area (Å²) in [5, 5.41) is 9.53. The van der Waals surface area contributed by atoms with Crippen molar-refractivity contribution in [3.8, 4) is 5.75 Å². The van der Waals surface area contributed by atoms with E-state index in [0.717, 1.165) is 18.4 Å². The molecule has 0 bridgehead atoms. The Balaban J connectivity index is 1.38. The topological polar surface area (TPSA) is 49.8 Å². The van der Waals surface area contributed by atoms with Crippen LogP contribution in [-0.4, -0.2) is 35.7 Å². The van der Waals surface area contributed by atoms with Crippen molar-refractivity contribution >= 4 is 5.97 Å². The van der Waals surface area contributed by atoms with Crippen molar-refractivity contribution < 1.29 is 41.0 Å². The highest BCUT2D eigenvalue weighted by molar-refractivity contribution is 5.71. The molecule has 0 amide bonds. The summed E-state index contributed by atoms with van der Waals surface area (Å²) in [6.07, 6.45) is -6.21. The molecule has 4 rings (SSSR count). The number of alkyl halides is 6. The fraction of sp³-hybridized carbons (Fsp3) is 0.552. The van der Waals surface area contributed by atoms with E-state index in [2.05, 4.69) is 0 Å². The second-order valence-electron chi connectivity index (χ2n) is 10.8. The molecular formula is C29H33F6NO3. The molecule has 1 unspecified atom stereocenters. The molecule has 1 heterocycles. The maximum Gasteiger partial charge on any atom is 0.416 e. The van der Waals surface area contributed by atoms with Gasteiger partial charge in [0.2, 0.25) is 0 Å². The number of benzene rings is 2. The zero-order valence-electron chi connectivity index (χ0n) is 21.9. The third-order valence-electron chi connectivity index (χ3n) is 8.12. The lowest BCUT2D eigenvalue weighted by Gasteiger charge is -2.37. The fourth-order valence-electron chi connectivity index (χ4n) is 5.65. The lowest BCUT2D eigenvalue weighted by atomic mass is 9.83. The zero-order chi connectivity index (χ0) is 28.5. The fourth-order valence-corrected chi connectivity index (χ4v) is 5.65. The second-order valence-corrected chi connectivity index (χ2v) is 10.8. The summed E-state index contributed by atoms with van der Waals surface area (Å²) in [6, 6.07) is 8.29. The van der Waals surface area contributed by atoms with Gasteiger partial charge in [0, 0.05) is 6.04 Å². The van der Waals surface area contributed by atoms with Crippen molar-refractivity contribution in [3.63, 3.8) is 0 Å². The summed E-state index contributed by atoms with van der Waals surface area (Å²) in [4.78, 5) is 13.4. The van der Waals surface area contributed by atoms with Gasteiger partial charge < -0.3 is 9.84 Å². The minimum atomic E-state index is -4.75. The monoisotopic (exact) mass is 557 g/mol.